The molecule has 0 atom stereocenters. The van der Waals surface area contributed by atoms with Crippen molar-refractivity contribution in [3.63, 3.8) is 0 Å². The molecule has 2 heterocycles. The van der Waals surface area contributed by atoms with E-state index in [4.69, 9.17) is 0 Å². The number of likely N-dealkylation sites (tertiary alicyclic amines) is 1. The molecule has 1 fully saturated rings. The molecule has 1 aliphatic rings. The largest absolute Gasteiger partial charge is 0.303 e. The van der Waals surface area contributed by atoms with Crippen LogP contribution in [-0.2, 0) is 6.42 Å². The van der Waals surface area contributed by atoms with E-state index in [1.54, 1.807) is 0 Å². The van der Waals surface area contributed by atoms with Gasteiger partial charge in [0.2, 0.25) is 0 Å². The van der Waals surface area contributed by atoms with E-state index in [9.17, 15) is 0 Å². The van der Waals surface area contributed by atoms with Gasteiger partial charge in [-0.1, -0.05) is 26.7 Å². The van der Waals surface area contributed by atoms with Crippen LogP contribution < -0.4 is 0 Å². The number of rotatable bonds is 7. The van der Waals surface area contributed by atoms with Gasteiger partial charge in [0, 0.05) is 18.9 Å². The van der Waals surface area contributed by atoms with Gasteiger partial charge in [0.05, 0.1) is 0 Å². The van der Waals surface area contributed by atoms with Crippen molar-refractivity contribution in [2.75, 3.05) is 19.6 Å². The lowest BCUT2D eigenvalue weighted by Crippen LogP contribution is -2.40. The fraction of sp³-hybridized carbons (Fsp3) is 0.722. The lowest BCUT2D eigenvalue weighted by atomic mass is 9.72. The molecule has 0 spiro atoms. The minimum Gasteiger partial charge on any atom is -0.303 e. The molecule has 0 unspecified atom stereocenters. The molecule has 1 saturated heterocycles. The topological polar surface area (TPSA) is 16.1 Å². The van der Waals surface area contributed by atoms with Crippen LogP contribution in [0.15, 0.2) is 24.5 Å². The smallest absolute Gasteiger partial charge is 0.0270 e. The summed E-state index contributed by atoms with van der Waals surface area (Å²) in [4.78, 5) is 6.74. The first-order chi connectivity index (χ1) is 9.78. The van der Waals surface area contributed by atoms with Crippen molar-refractivity contribution >= 4 is 0 Å². The van der Waals surface area contributed by atoms with Crippen LogP contribution in [0.2, 0.25) is 0 Å². The maximum absolute atomic E-state index is 4.09. The lowest BCUT2D eigenvalue weighted by Gasteiger charge is -2.42. The summed E-state index contributed by atoms with van der Waals surface area (Å²) in [5, 5.41) is 0. The standard InChI is InChI=1S/C18H30N2/c1-3-8-18(9-4-2)10-15-20(16-11-18)14-7-17-5-12-19-13-6-17/h5-6,12-13H,3-4,7-11,14-16H2,1-2H3. The van der Waals surface area contributed by atoms with E-state index < -0.39 is 0 Å². The van der Waals surface area contributed by atoms with E-state index in [0.717, 1.165) is 6.42 Å². The van der Waals surface area contributed by atoms with E-state index in [-0.39, 0.29) is 0 Å². The zero-order chi connectivity index (χ0) is 14.3. The molecule has 112 valence electrons. The average molecular weight is 274 g/mol. The number of nitrogens with zero attached hydrogens (tertiary/aromatic N) is 2. The molecule has 0 N–H and O–H groups in total. The van der Waals surface area contributed by atoms with Crippen LogP contribution in [0.4, 0.5) is 0 Å². The molecule has 0 bridgehead atoms. The third-order valence-corrected chi connectivity index (χ3v) is 4.94. The predicted molar refractivity (Wildman–Crippen MR) is 85.9 cm³/mol. The molecule has 0 aromatic carbocycles. The number of aromatic nitrogens is 1. The van der Waals surface area contributed by atoms with Gasteiger partial charge >= 0.3 is 0 Å². The van der Waals surface area contributed by atoms with Crippen molar-refractivity contribution in [1.82, 2.24) is 9.88 Å². The zero-order valence-electron chi connectivity index (χ0n) is 13.3. The summed E-state index contributed by atoms with van der Waals surface area (Å²) in [5.74, 6) is 0. The van der Waals surface area contributed by atoms with Gasteiger partial charge in [0.25, 0.3) is 0 Å². The SMILES string of the molecule is CCCC1(CCC)CCN(CCc2ccncc2)CC1. The zero-order valence-corrected chi connectivity index (χ0v) is 13.3. The molecule has 1 aromatic heterocycles. The fourth-order valence-electron chi connectivity index (χ4n) is 3.77. The molecule has 0 radical (unpaired) electrons. The Morgan fingerprint density at radius 2 is 1.65 bits per heavy atom. The normalized spacial score (nSPS) is 19.1. The van der Waals surface area contributed by atoms with E-state index in [1.165, 1.54) is 63.7 Å². The van der Waals surface area contributed by atoms with E-state index in [2.05, 4.69) is 35.9 Å². The second kappa shape index (κ2) is 7.78. The minimum absolute atomic E-state index is 0.663. The summed E-state index contributed by atoms with van der Waals surface area (Å²) < 4.78 is 0. The number of hydrogen-bond acceptors (Lipinski definition) is 2. The van der Waals surface area contributed by atoms with Crippen molar-refractivity contribution < 1.29 is 0 Å². The first-order valence-corrected chi connectivity index (χ1v) is 8.39. The summed E-state index contributed by atoms with van der Waals surface area (Å²) in [5.41, 5.74) is 2.08. The predicted octanol–water partition coefficient (Wildman–Crippen LogP) is 4.31. The highest BCUT2D eigenvalue weighted by Crippen LogP contribution is 2.40. The number of piperidine rings is 1. The molecule has 0 aliphatic carbocycles. The second-order valence-electron chi connectivity index (χ2n) is 6.45. The first kappa shape index (κ1) is 15.5. The van der Waals surface area contributed by atoms with Crippen molar-refractivity contribution in [3.8, 4) is 0 Å². The fourth-order valence-corrected chi connectivity index (χ4v) is 3.77. The Balaban J connectivity index is 1.78. The van der Waals surface area contributed by atoms with Crippen LogP contribution in [0.25, 0.3) is 0 Å². The summed E-state index contributed by atoms with van der Waals surface area (Å²) in [6.07, 6.45) is 13.3. The molecule has 0 saturated carbocycles. The number of hydrogen-bond donors (Lipinski definition) is 0. The monoisotopic (exact) mass is 274 g/mol. The maximum Gasteiger partial charge on any atom is 0.0270 e. The molecule has 2 rings (SSSR count). The Bertz CT molecular complexity index is 358. The first-order valence-electron chi connectivity index (χ1n) is 8.39. The van der Waals surface area contributed by atoms with E-state index in [0.29, 0.717) is 5.41 Å². The van der Waals surface area contributed by atoms with E-state index >= 15 is 0 Å². The molecular formula is C18H30N2. The van der Waals surface area contributed by atoms with Crippen molar-refractivity contribution in [2.24, 2.45) is 5.41 Å². The third kappa shape index (κ3) is 4.31. The maximum atomic E-state index is 4.09. The second-order valence-corrected chi connectivity index (χ2v) is 6.45. The van der Waals surface area contributed by atoms with Crippen LogP contribution in [-0.4, -0.2) is 29.5 Å². The van der Waals surface area contributed by atoms with E-state index in [1.807, 2.05) is 12.4 Å². The van der Waals surface area contributed by atoms with Gasteiger partial charge in [-0.2, -0.15) is 0 Å². The number of pyridine rings is 1. The Morgan fingerprint density at radius 1 is 1.05 bits per heavy atom. The van der Waals surface area contributed by atoms with Gasteiger partial charge in [0.15, 0.2) is 0 Å². The Kier molecular flexibility index (Phi) is 6.03. The van der Waals surface area contributed by atoms with Gasteiger partial charge < -0.3 is 4.90 Å². The quantitative estimate of drug-likeness (QED) is 0.736. The Morgan fingerprint density at radius 3 is 2.20 bits per heavy atom. The summed E-state index contributed by atoms with van der Waals surface area (Å²) in [6, 6.07) is 4.28. The van der Waals surface area contributed by atoms with Crippen LogP contribution in [0, 0.1) is 5.41 Å². The summed E-state index contributed by atoms with van der Waals surface area (Å²) in [7, 11) is 0. The molecule has 2 heteroatoms. The lowest BCUT2D eigenvalue weighted by molar-refractivity contribution is 0.0859. The average Bonchev–Trinajstić information content (AvgIpc) is 2.48. The highest BCUT2D eigenvalue weighted by Gasteiger charge is 2.32. The molecule has 20 heavy (non-hydrogen) atoms. The van der Waals surface area contributed by atoms with Crippen molar-refractivity contribution in [2.45, 2.75) is 58.8 Å². The van der Waals surface area contributed by atoms with Gasteiger partial charge in [-0.15, -0.1) is 0 Å². The highest BCUT2D eigenvalue weighted by molar-refractivity contribution is 5.10. The third-order valence-electron chi connectivity index (χ3n) is 4.94. The molecule has 0 amide bonds. The van der Waals surface area contributed by atoms with Crippen LogP contribution in [0.1, 0.15) is 57.9 Å². The molecule has 1 aromatic rings. The Labute approximate surface area is 124 Å². The van der Waals surface area contributed by atoms with Crippen molar-refractivity contribution in [1.29, 1.82) is 0 Å². The summed E-state index contributed by atoms with van der Waals surface area (Å²) in [6.45, 7) is 8.48. The van der Waals surface area contributed by atoms with Gasteiger partial charge in [-0.05, 0) is 68.3 Å². The molecule has 2 nitrogen and oxygen atoms in total. The molecular weight excluding hydrogens is 244 g/mol. The van der Waals surface area contributed by atoms with Gasteiger partial charge in [0.1, 0.15) is 0 Å². The molecule has 1 aliphatic heterocycles. The van der Waals surface area contributed by atoms with Gasteiger partial charge in [-0.25, -0.2) is 0 Å². The minimum atomic E-state index is 0.663. The van der Waals surface area contributed by atoms with Crippen LogP contribution in [0.3, 0.4) is 0 Å². The van der Waals surface area contributed by atoms with Crippen molar-refractivity contribution in [3.05, 3.63) is 30.1 Å². The highest BCUT2D eigenvalue weighted by atomic mass is 15.1. The van der Waals surface area contributed by atoms with Crippen LogP contribution in [0.5, 0.6) is 0 Å². The summed E-state index contributed by atoms with van der Waals surface area (Å²) >= 11 is 0. The Hall–Kier alpha value is -0.890. The van der Waals surface area contributed by atoms with Crippen LogP contribution >= 0.6 is 0 Å². The van der Waals surface area contributed by atoms with Gasteiger partial charge in [-0.3, -0.25) is 4.98 Å².